The molecular formula is C11H9N9. The van der Waals surface area contributed by atoms with Crippen LogP contribution in [0.25, 0.3) is 22.3 Å². The summed E-state index contributed by atoms with van der Waals surface area (Å²) in [5, 5.41) is 0. The van der Waals surface area contributed by atoms with Gasteiger partial charge in [0, 0.05) is 0 Å². The molecule has 9 heteroatoms. The Kier molecular flexibility index (Phi) is 1.99. The van der Waals surface area contributed by atoms with Gasteiger partial charge in [-0.3, -0.25) is 0 Å². The van der Waals surface area contributed by atoms with E-state index in [9.17, 15) is 0 Å². The first-order chi connectivity index (χ1) is 9.75. The maximum absolute atomic E-state index is 5.78. The number of imidazole rings is 2. The van der Waals surface area contributed by atoms with Crippen molar-refractivity contribution in [2.75, 3.05) is 5.73 Å². The molecule has 2 N–H and O–H groups in total. The molecule has 4 aromatic rings. The molecule has 0 fully saturated rings. The van der Waals surface area contributed by atoms with Crippen molar-refractivity contribution in [2.45, 2.75) is 6.92 Å². The third-order valence-corrected chi connectivity index (χ3v) is 3.08. The minimum absolute atomic E-state index is 0.337. The highest BCUT2D eigenvalue weighted by atomic mass is 15.5. The van der Waals surface area contributed by atoms with Crippen molar-refractivity contribution >= 4 is 28.1 Å². The molecule has 0 aliphatic heterocycles. The highest BCUT2D eigenvalue weighted by Crippen LogP contribution is 2.17. The quantitative estimate of drug-likeness (QED) is 0.522. The van der Waals surface area contributed by atoms with E-state index in [1.165, 1.54) is 12.7 Å². The van der Waals surface area contributed by atoms with Crippen LogP contribution in [-0.2, 0) is 0 Å². The summed E-state index contributed by atoms with van der Waals surface area (Å²) in [7, 11) is 0. The van der Waals surface area contributed by atoms with Gasteiger partial charge in [-0.15, -0.1) is 0 Å². The van der Waals surface area contributed by atoms with Gasteiger partial charge in [0.1, 0.15) is 30.8 Å². The summed E-state index contributed by atoms with van der Waals surface area (Å²) in [6.45, 7) is 1.88. The number of aromatic nitrogens is 8. The Balaban J connectivity index is 2.07. The van der Waals surface area contributed by atoms with E-state index < -0.39 is 0 Å². The maximum atomic E-state index is 5.78. The van der Waals surface area contributed by atoms with Crippen LogP contribution in [0.4, 0.5) is 5.82 Å². The summed E-state index contributed by atoms with van der Waals surface area (Å²) in [5.74, 6) is 0.337. The number of nitrogens with two attached hydrogens (primary N) is 1. The maximum Gasteiger partial charge on any atom is 0.185 e. The lowest BCUT2D eigenvalue weighted by Crippen LogP contribution is -2.08. The predicted molar refractivity (Wildman–Crippen MR) is 70.6 cm³/mol. The number of nitrogen functional groups attached to an aromatic ring is 1. The smallest absolute Gasteiger partial charge is 0.185 e. The Labute approximate surface area is 112 Å². The summed E-state index contributed by atoms with van der Waals surface area (Å²) < 4.78 is 3.46. The van der Waals surface area contributed by atoms with Gasteiger partial charge >= 0.3 is 0 Å². The van der Waals surface area contributed by atoms with Gasteiger partial charge in [0.15, 0.2) is 22.6 Å². The Morgan fingerprint density at radius 3 is 2.15 bits per heavy atom. The molecule has 0 spiro atoms. The molecule has 0 aliphatic rings. The van der Waals surface area contributed by atoms with Gasteiger partial charge < -0.3 is 5.73 Å². The second kappa shape index (κ2) is 3.70. The zero-order valence-electron chi connectivity index (χ0n) is 10.5. The fraction of sp³-hybridized carbons (Fsp3) is 0.0909. The molecule has 0 saturated heterocycles. The van der Waals surface area contributed by atoms with Crippen molar-refractivity contribution in [3.63, 3.8) is 0 Å². The molecule has 0 aromatic carbocycles. The van der Waals surface area contributed by atoms with Crippen LogP contribution in [-0.4, -0.2) is 39.3 Å². The Hall–Kier alpha value is -3.10. The molecule has 0 radical (unpaired) electrons. The molecule has 0 bridgehead atoms. The number of anilines is 1. The van der Waals surface area contributed by atoms with Gasteiger partial charge in [0.05, 0.1) is 5.69 Å². The molecule has 0 atom stereocenters. The van der Waals surface area contributed by atoms with Gasteiger partial charge in [0.2, 0.25) is 0 Å². The van der Waals surface area contributed by atoms with Gasteiger partial charge in [-0.1, -0.05) is 0 Å². The van der Waals surface area contributed by atoms with Gasteiger partial charge in [-0.25, -0.2) is 39.3 Å². The van der Waals surface area contributed by atoms with Crippen LogP contribution in [0.5, 0.6) is 0 Å². The first kappa shape index (κ1) is 10.8. The molecule has 4 rings (SSSR count). The lowest BCUT2D eigenvalue weighted by Gasteiger charge is -2.04. The fourth-order valence-corrected chi connectivity index (χ4v) is 2.10. The molecule has 20 heavy (non-hydrogen) atoms. The standard InChI is InChI=1S/C11H9N9/c1-6-7-10(15-2-13-6)19(4-17-7)20-5-18-8-9(12)14-3-16-11(8)20/h2-5H,1H3,(H2,12,14,16). The molecular weight excluding hydrogens is 258 g/mol. The number of nitrogens with zero attached hydrogens (tertiary/aromatic N) is 8. The van der Waals surface area contributed by atoms with Crippen molar-refractivity contribution in [3.05, 3.63) is 31.0 Å². The van der Waals surface area contributed by atoms with Crippen LogP contribution in [0, 0.1) is 6.92 Å². The van der Waals surface area contributed by atoms with Crippen molar-refractivity contribution in [1.82, 2.24) is 39.3 Å². The molecule has 4 heterocycles. The Morgan fingerprint density at radius 2 is 1.40 bits per heavy atom. The van der Waals surface area contributed by atoms with E-state index in [1.807, 2.05) is 6.92 Å². The number of hydrogen-bond acceptors (Lipinski definition) is 7. The normalized spacial score (nSPS) is 11.4. The summed E-state index contributed by atoms with van der Waals surface area (Å²) >= 11 is 0. The van der Waals surface area contributed by atoms with E-state index in [2.05, 4.69) is 29.9 Å². The average Bonchev–Trinajstić information content (AvgIpc) is 3.03. The average molecular weight is 267 g/mol. The number of fused-ring (bicyclic) bond motifs is 2. The second-order valence-corrected chi connectivity index (χ2v) is 4.24. The van der Waals surface area contributed by atoms with E-state index in [4.69, 9.17) is 5.73 Å². The highest BCUT2D eigenvalue weighted by Gasteiger charge is 2.13. The molecule has 98 valence electrons. The van der Waals surface area contributed by atoms with E-state index in [1.54, 1.807) is 22.0 Å². The zero-order chi connectivity index (χ0) is 13.7. The summed E-state index contributed by atoms with van der Waals surface area (Å²) in [6, 6.07) is 0. The minimum atomic E-state index is 0.337. The Bertz CT molecular complexity index is 858. The lowest BCUT2D eigenvalue weighted by molar-refractivity contribution is 0.687. The SMILES string of the molecule is Cc1ncnc2c1ncn2-n1cnc2c(N)ncnc21. The summed E-state index contributed by atoms with van der Waals surface area (Å²) in [6.07, 6.45) is 6.15. The number of hydrogen-bond donors (Lipinski definition) is 1. The van der Waals surface area contributed by atoms with Crippen molar-refractivity contribution < 1.29 is 0 Å². The van der Waals surface area contributed by atoms with E-state index in [0.29, 0.717) is 22.6 Å². The van der Waals surface area contributed by atoms with Crippen molar-refractivity contribution in [1.29, 1.82) is 0 Å². The van der Waals surface area contributed by atoms with Crippen LogP contribution < -0.4 is 5.73 Å². The van der Waals surface area contributed by atoms with Gasteiger partial charge in [0.25, 0.3) is 0 Å². The number of rotatable bonds is 1. The van der Waals surface area contributed by atoms with E-state index >= 15 is 0 Å². The molecule has 0 aliphatic carbocycles. The van der Waals surface area contributed by atoms with E-state index in [0.717, 1.165) is 11.2 Å². The van der Waals surface area contributed by atoms with Crippen LogP contribution in [0.1, 0.15) is 5.69 Å². The van der Waals surface area contributed by atoms with Crippen LogP contribution in [0.3, 0.4) is 0 Å². The third-order valence-electron chi connectivity index (χ3n) is 3.08. The first-order valence-electron chi connectivity index (χ1n) is 5.84. The van der Waals surface area contributed by atoms with Crippen molar-refractivity contribution in [2.24, 2.45) is 0 Å². The third kappa shape index (κ3) is 1.31. The molecule has 4 aromatic heterocycles. The minimum Gasteiger partial charge on any atom is -0.382 e. The number of aryl methyl sites for hydroxylation is 1. The second-order valence-electron chi connectivity index (χ2n) is 4.24. The fourth-order valence-electron chi connectivity index (χ4n) is 2.10. The molecule has 0 amide bonds. The van der Waals surface area contributed by atoms with Crippen molar-refractivity contribution in [3.8, 4) is 0 Å². The van der Waals surface area contributed by atoms with Gasteiger partial charge in [-0.05, 0) is 6.92 Å². The lowest BCUT2D eigenvalue weighted by atomic mass is 10.4. The van der Waals surface area contributed by atoms with E-state index in [-0.39, 0.29) is 0 Å². The zero-order valence-corrected chi connectivity index (χ0v) is 10.5. The molecule has 0 saturated carbocycles. The van der Waals surface area contributed by atoms with Crippen LogP contribution in [0.15, 0.2) is 25.3 Å². The predicted octanol–water partition coefficient (Wildman–Crippen LogP) is 0.168. The summed E-state index contributed by atoms with van der Waals surface area (Å²) in [4.78, 5) is 25.0. The Morgan fingerprint density at radius 1 is 0.800 bits per heavy atom. The first-order valence-corrected chi connectivity index (χ1v) is 5.84. The topological polar surface area (TPSA) is 113 Å². The highest BCUT2D eigenvalue weighted by molar-refractivity contribution is 5.81. The largest absolute Gasteiger partial charge is 0.382 e. The van der Waals surface area contributed by atoms with Crippen LogP contribution >= 0.6 is 0 Å². The van der Waals surface area contributed by atoms with Gasteiger partial charge in [-0.2, -0.15) is 0 Å². The van der Waals surface area contributed by atoms with Crippen LogP contribution in [0.2, 0.25) is 0 Å². The molecule has 0 unspecified atom stereocenters. The monoisotopic (exact) mass is 267 g/mol. The molecule has 9 nitrogen and oxygen atoms in total. The summed E-state index contributed by atoms with van der Waals surface area (Å²) in [5.41, 5.74) is 9.13.